The average Bonchev–Trinajstić information content (AvgIpc) is 3.62. The van der Waals surface area contributed by atoms with Crippen molar-refractivity contribution in [2.75, 3.05) is 0 Å². The predicted octanol–water partition coefficient (Wildman–Crippen LogP) is 11.2. The van der Waals surface area contributed by atoms with E-state index in [-0.39, 0.29) is 16.7 Å². The Bertz CT molecular complexity index is 2660. The van der Waals surface area contributed by atoms with E-state index in [1.165, 1.54) is 6.07 Å². The summed E-state index contributed by atoms with van der Waals surface area (Å²) in [6.45, 7) is 9.26. The van der Waals surface area contributed by atoms with Crippen LogP contribution in [0, 0.1) is 36.2 Å². The molecule has 5 nitrogen and oxygen atoms in total. The van der Waals surface area contributed by atoms with Crippen molar-refractivity contribution in [1.29, 1.82) is 10.5 Å². The molecule has 0 amide bonds. The number of fused-ring (bicyclic) bond motifs is 6. The number of rotatable bonds is 3. The largest absolute Gasteiger partial charge is 0.417 e. The summed E-state index contributed by atoms with van der Waals surface area (Å²) in [7, 11) is 0. The summed E-state index contributed by atoms with van der Waals surface area (Å²) >= 11 is 0. The number of benzene rings is 6. The lowest BCUT2D eigenvalue weighted by Crippen LogP contribution is -2.10. The second-order valence-electron chi connectivity index (χ2n) is 11.9. The van der Waals surface area contributed by atoms with Gasteiger partial charge >= 0.3 is 6.18 Å². The van der Waals surface area contributed by atoms with Gasteiger partial charge in [0.1, 0.15) is 11.6 Å². The zero-order valence-electron chi connectivity index (χ0n) is 25.8. The van der Waals surface area contributed by atoms with Gasteiger partial charge in [-0.3, -0.25) is 0 Å². The Labute approximate surface area is 278 Å². The van der Waals surface area contributed by atoms with Crippen LogP contribution in [0.25, 0.3) is 71.0 Å². The van der Waals surface area contributed by atoms with Gasteiger partial charge in [0, 0.05) is 16.2 Å². The zero-order chi connectivity index (χ0) is 34.0. The van der Waals surface area contributed by atoms with E-state index in [0.717, 1.165) is 38.6 Å². The molecule has 6 aromatic carbocycles. The molecule has 8 rings (SSSR count). The monoisotopic (exact) mass is 641 g/mol. The first-order chi connectivity index (χ1) is 23.7. The Morgan fingerprint density at radius 3 is 1.78 bits per heavy atom. The third-order valence-corrected chi connectivity index (χ3v) is 9.14. The van der Waals surface area contributed by atoms with E-state index in [2.05, 4.69) is 17.0 Å². The Kier molecular flexibility index (Phi) is 6.56. The van der Waals surface area contributed by atoms with E-state index in [4.69, 9.17) is 6.57 Å². The van der Waals surface area contributed by atoms with E-state index in [1.807, 2.05) is 69.8 Å². The highest BCUT2D eigenvalue weighted by Crippen LogP contribution is 2.44. The van der Waals surface area contributed by atoms with Crippen LogP contribution in [-0.4, -0.2) is 9.13 Å². The van der Waals surface area contributed by atoms with Gasteiger partial charge in [0.15, 0.2) is 5.69 Å². The third-order valence-electron chi connectivity index (χ3n) is 9.14. The molecule has 2 heterocycles. The molecular weight excluding hydrogens is 619 g/mol. The van der Waals surface area contributed by atoms with Gasteiger partial charge < -0.3 is 9.13 Å². The molecule has 0 saturated heterocycles. The molecule has 232 valence electrons. The highest BCUT2D eigenvalue weighted by atomic mass is 19.4. The fraction of sp³-hybridized carbons (Fsp3) is 0.0488. The van der Waals surface area contributed by atoms with Gasteiger partial charge in [0.25, 0.3) is 0 Å². The average molecular weight is 642 g/mol. The van der Waals surface area contributed by atoms with E-state index in [1.54, 1.807) is 49.4 Å². The maximum atomic E-state index is 14.7. The number of aryl methyl sites for hydroxylation is 1. The van der Waals surface area contributed by atoms with Crippen LogP contribution >= 0.6 is 0 Å². The molecule has 0 aliphatic rings. The predicted molar refractivity (Wildman–Crippen MR) is 186 cm³/mol. The van der Waals surface area contributed by atoms with Gasteiger partial charge in [0.05, 0.1) is 57.2 Å². The van der Waals surface area contributed by atoms with Crippen LogP contribution in [0.5, 0.6) is 0 Å². The molecule has 0 spiro atoms. The lowest BCUT2D eigenvalue weighted by atomic mass is 9.92. The minimum Gasteiger partial charge on any atom is -0.308 e. The molecule has 0 atom stereocenters. The number of para-hydroxylation sites is 2. The highest BCUT2D eigenvalue weighted by molar-refractivity contribution is 6.12. The molecule has 2 aromatic heterocycles. The number of aromatic nitrogens is 2. The van der Waals surface area contributed by atoms with Crippen LogP contribution in [0.2, 0.25) is 0 Å². The van der Waals surface area contributed by atoms with Crippen molar-refractivity contribution in [1.82, 2.24) is 9.13 Å². The SMILES string of the molecule is [C-]#[N+]c1ccc2c(c1)c1ccccc1n2-c1cc(-c2c(C)cccc2C(F)(F)F)cc(-n2c3ccccc3c3cc(C#N)ccc32)c1C#N. The number of nitriles is 2. The smallest absolute Gasteiger partial charge is 0.308 e. The Balaban J connectivity index is 1.59. The minimum absolute atomic E-state index is 0.0191. The first kappa shape index (κ1) is 29.6. The number of hydrogen-bond donors (Lipinski definition) is 0. The van der Waals surface area contributed by atoms with Gasteiger partial charge in [-0.2, -0.15) is 23.7 Å². The molecule has 8 aromatic rings. The summed E-state index contributed by atoms with van der Waals surface area (Å²) in [6.07, 6.45) is -4.64. The van der Waals surface area contributed by atoms with Crippen LogP contribution < -0.4 is 0 Å². The first-order valence-corrected chi connectivity index (χ1v) is 15.3. The lowest BCUT2D eigenvalue weighted by molar-refractivity contribution is -0.137. The molecule has 49 heavy (non-hydrogen) atoms. The van der Waals surface area contributed by atoms with Crippen LogP contribution in [0.4, 0.5) is 18.9 Å². The quantitative estimate of drug-likeness (QED) is 0.180. The molecule has 0 unspecified atom stereocenters. The molecule has 0 bridgehead atoms. The Hall–Kier alpha value is -6.82. The zero-order valence-corrected chi connectivity index (χ0v) is 25.8. The summed E-state index contributed by atoms with van der Waals surface area (Å²) in [4.78, 5) is 3.62. The van der Waals surface area contributed by atoms with Crippen molar-refractivity contribution in [3.8, 4) is 34.6 Å². The van der Waals surface area contributed by atoms with Gasteiger partial charge in [-0.25, -0.2) is 4.85 Å². The summed E-state index contributed by atoms with van der Waals surface area (Å²) < 4.78 is 47.8. The van der Waals surface area contributed by atoms with Gasteiger partial charge in [0.2, 0.25) is 0 Å². The normalized spacial score (nSPS) is 11.6. The number of hydrogen-bond acceptors (Lipinski definition) is 2. The van der Waals surface area contributed by atoms with E-state index >= 15 is 0 Å². The summed E-state index contributed by atoms with van der Waals surface area (Å²) in [5.41, 5.74) is 4.78. The summed E-state index contributed by atoms with van der Waals surface area (Å²) in [5.74, 6) is 0. The fourth-order valence-corrected chi connectivity index (χ4v) is 7.10. The molecule has 0 saturated carbocycles. The summed E-state index contributed by atoms with van der Waals surface area (Å²) in [6, 6.07) is 37.8. The minimum atomic E-state index is -4.64. The van der Waals surface area contributed by atoms with Crippen molar-refractivity contribution in [3.05, 3.63) is 149 Å². The van der Waals surface area contributed by atoms with Crippen molar-refractivity contribution < 1.29 is 13.2 Å². The maximum absolute atomic E-state index is 14.7. The van der Waals surface area contributed by atoms with Crippen molar-refractivity contribution in [2.24, 2.45) is 0 Å². The van der Waals surface area contributed by atoms with Crippen LogP contribution in [-0.2, 0) is 6.18 Å². The molecule has 0 fully saturated rings. The van der Waals surface area contributed by atoms with Crippen molar-refractivity contribution >= 4 is 49.3 Å². The molecular formula is C41H22F3N5. The molecule has 0 aliphatic heterocycles. The van der Waals surface area contributed by atoms with Crippen LogP contribution in [0.15, 0.2) is 115 Å². The number of nitrogens with zero attached hydrogens (tertiary/aromatic N) is 5. The van der Waals surface area contributed by atoms with Crippen LogP contribution in [0.1, 0.15) is 22.3 Å². The van der Waals surface area contributed by atoms with Crippen LogP contribution in [0.3, 0.4) is 0 Å². The molecule has 0 N–H and O–H groups in total. The second-order valence-corrected chi connectivity index (χ2v) is 11.9. The molecule has 0 aliphatic carbocycles. The lowest BCUT2D eigenvalue weighted by Gasteiger charge is -2.21. The fourth-order valence-electron chi connectivity index (χ4n) is 7.10. The molecule has 0 radical (unpaired) electrons. The Morgan fingerprint density at radius 1 is 0.633 bits per heavy atom. The summed E-state index contributed by atoms with van der Waals surface area (Å²) in [5, 5.41) is 23.9. The van der Waals surface area contributed by atoms with E-state index in [0.29, 0.717) is 39.2 Å². The second kappa shape index (κ2) is 10.9. The van der Waals surface area contributed by atoms with E-state index in [9.17, 15) is 23.7 Å². The van der Waals surface area contributed by atoms with E-state index < -0.39 is 11.7 Å². The Morgan fingerprint density at radius 2 is 1.20 bits per heavy atom. The highest BCUT2D eigenvalue weighted by Gasteiger charge is 2.35. The van der Waals surface area contributed by atoms with Gasteiger partial charge in [-0.1, -0.05) is 54.6 Å². The van der Waals surface area contributed by atoms with Crippen molar-refractivity contribution in [3.63, 3.8) is 0 Å². The topological polar surface area (TPSA) is 61.8 Å². The number of alkyl halides is 3. The number of halogens is 3. The van der Waals surface area contributed by atoms with Gasteiger partial charge in [-0.15, -0.1) is 0 Å². The first-order valence-electron chi connectivity index (χ1n) is 15.3. The standard InChI is InChI=1S/C41H22F3N5/c1-24-8-7-11-33(41(42,43)44)40(24)26-19-38(48-34-12-5-3-9-28(34)30-18-25(22-45)14-16-36(30)48)32(23-46)39(20-26)49-35-13-6-4-10-29(35)31-21-27(47-2)15-17-37(31)49/h3-21H,1H3. The van der Waals surface area contributed by atoms with Gasteiger partial charge in [-0.05, 0) is 89.7 Å². The molecule has 8 heteroatoms. The van der Waals surface area contributed by atoms with Crippen molar-refractivity contribution in [2.45, 2.75) is 13.1 Å². The third kappa shape index (κ3) is 4.45. The maximum Gasteiger partial charge on any atom is 0.417 e.